The highest BCUT2D eigenvalue weighted by atomic mass is 19.1. The lowest BCUT2D eigenvalue weighted by molar-refractivity contribution is -0.101. The highest BCUT2D eigenvalue weighted by Crippen LogP contribution is 2.50. The molecule has 1 fully saturated rings. The third-order valence-electron chi connectivity index (χ3n) is 4.94. The third-order valence-corrected chi connectivity index (χ3v) is 4.94. The highest BCUT2D eigenvalue weighted by Gasteiger charge is 2.49. The van der Waals surface area contributed by atoms with E-state index in [-0.39, 0.29) is 5.56 Å². The van der Waals surface area contributed by atoms with Crippen LogP contribution in [-0.4, -0.2) is 11.7 Å². The molecule has 0 saturated heterocycles. The number of aliphatic hydroxyl groups is 1. The average molecular weight is 283 g/mol. The van der Waals surface area contributed by atoms with Gasteiger partial charge in [0, 0.05) is 18.0 Å². The molecule has 2 rings (SSSR count). The highest BCUT2D eigenvalue weighted by molar-refractivity contribution is 5.27. The molecule has 0 amide bonds. The summed E-state index contributed by atoms with van der Waals surface area (Å²) in [6.07, 6.45) is 3.63. The van der Waals surface area contributed by atoms with E-state index in [1.807, 2.05) is 0 Å². The maximum atomic E-state index is 13.4. The number of hydrogen-bond acceptors (Lipinski definition) is 2. The van der Waals surface area contributed by atoms with Gasteiger partial charge in [-0.1, -0.05) is 19.8 Å². The minimum atomic E-state index is -1.33. The molecule has 0 bridgehead atoms. The fourth-order valence-corrected chi connectivity index (χ4v) is 3.63. The van der Waals surface area contributed by atoms with Gasteiger partial charge in [0.2, 0.25) is 0 Å². The van der Waals surface area contributed by atoms with Crippen LogP contribution in [0.15, 0.2) is 18.2 Å². The average Bonchev–Trinajstić information content (AvgIpc) is 2.37. The summed E-state index contributed by atoms with van der Waals surface area (Å²) in [6.45, 7) is 4.07. The quantitative estimate of drug-likeness (QED) is 0.894. The molecule has 1 aromatic carbocycles. The number of benzene rings is 1. The van der Waals surface area contributed by atoms with Crippen LogP contribution in [0.3, 0.4) is 0 Å². The first-order chi connectivity index (χ1) is 9.30. The van der Waals surface area contributed by atoms with Crippen molar-refractivity contribution in [3.05, 3.63) is 35.4 Å². The van der Waals surface area contributed by atoms with E-state index in [1.54, 1.807) is 6.92 Å². The van der Waals surface area contributed by atoms with Gasteiger partial charge >= 0.3 is 0 Å². The molecule has 2 nitrogen and oxygen atoms in total. The van der Waals surface area contributed by atoms with E-state index in [9.17, 15) is 13.9 Å². The van der Waals surface area contributed by atoms with E-state index in [2.05, 4.69) is 6.92 Å². The minimum Gasteiger partial charge on any atom is -0.385 e. The maximum absolute atomic E-state index is 13.4. The van der Waals surface area contributed by atoms with Crippen molar-refractivity contribution in [1.29, 1.82) is 0 Å². The van der Waals surface area contributed by atoms with E-state index in [0.29, 0.717) is 12.5 Å². The Bertz CT molecular complexity index is 469. The maximum Gasteiger partial charge on any atom is 0.126 e. The monoisotopic (exact) mass is 283 g/mol. The molecule has 1 saturated carbocycles. The molecule has 3 atom stereocenters. The van der Waals surface area contributed by atoms with Gasteiger partial charge in [-0.15, -0.1) is 0 Å². The second kappa shape index (κ2) is 5.41. The zero-order chi connectivity index (χ0) is 15.0. The van der Waals surface area contributed by atoms with Crippen LogP contribution in [0.2, 0.25) is 0 Å². The molecule has 4 heteroatoms. The molecule has 3 unspecified atom stereocenters. The Morgan fingerprint density at radius 1 is 1.35 bits per heavy atom. The van der Waals surface area contributed by atoms with Gasteiger partial charge in [0.05, 0.1) is 5.60 Å². The number of halogens is 2. The minimum absolute atomic E-state index is 0.273. The summed E-state index contributed by atoms with van der Waals surface area (Å²) in [4.78, 5) is 0. The molecule has 20 heavy (non-hydrogen) atoms. The van der Waals surface area contributed by atoms with E-state index >= 15 is 0 Å². The van der Waals surface area contributed by atoms with Crippen molar-refractivity contribution in [1.82, 2.24) is 0 Å². The summed E-state index contributed by atoms with van der Waals surface area (Å²) in [5.74, 6) is -0.884. The zero-order valence-corrected chi connectivity index (χ0v) is 12.1. The van der Waals surface area contributed by atoms with E-state index in [0.717, 1.165) is 31.7 Å². The number of nitrogens with two attached hydrogens (primary N) is 1. The molecular formula is C16H23F2NO. The summed E-state index contributed by atoms with van der Waals surface area (Å²) < 4.78 is 26.9. The first-order valence-corrected chi connectivity index (χ1v) is 7.20. The molecule has 1 aromatic rings. The van der Waals surface area contributed by atoms with Gasteiger partial charge in [0.1, 0.15) is 11.6 Å². The van der Waals surface area contributed by atoms with Crippen LogP contribution in [0.1, 0.15) is 45.1 Å². The molecule has 0 aliphatic heterocycles. The molecule has 1 aliphatic rings. The van der Waals surface area contributed by atoms with Crippen molar-refractivity contribution in [2.75, 3.05) is 6.54 Å². The van der Waals surface area contributed by atoms with Crippen LogP contribution >= 0.6 is 0 Å². The van der Waals surface area contributed by atoms with Crippen molar-refractivity contribution in [2.24, 2.45) is 17.1 Å². The lowest BCUT2D eigenvalue weighted by Crippen LogP contribution is -2.51. The fourth-order valence-electron chi connectivity index (χ4n) is 3.63. The first kappa shape index (κ1) is 15.4. The third kappa shape index (κ3) is 2.59. The predicted octanol–water partition coefficient (Wildman–Crippen LogP) is 3.33. The Hall–Kier alpha value is -1.00. The number of hydrogen-bond donors (Lipinski definition) is 2. The standard InChI is InChI=1S/C16H23F2NO/c1-11-4-3-5-16(9-11,10-19)15(2,20)12-6-13(17)8-14(18)7-12/h6-8,11,20H,3-5,9-10,19H2,1-2H3. The van der Waals surface area contributed by atoms with Gasteiger partial charge in [-0.2, -0.15) is 0 Å². The fraction of sp³-hybridized carbons (Fsp3) is 0.625. The molecule has 3 N–H and O–H groups in total. The molecule has 0 spiro atoms. The van der Waals surface area contributed by atoms with E-state index in [1.165, 1.54) is 12.1 Å². The first-order valence-electron chi connectivity index (χ1n) is 7.20. The van der Waals surface area contributed by atoms with Gasteiger partial charge in [-0.3, -0.25) is 0 Å². The van der Waals surface area contributed by atoms with Gasteiger partial charge in [-0.05, 0) is 43.4 Å². The normalized spacial score (nSPS) is 30.0. The van der Waals surface area contributed by atoms with Gasteiger partial charge in [-0.25, -0.2) is 8.78 Å². The molecule has 0 heterocycles. The summed E-state index contributed by atoms with van der Waals surface area (Å²) in [5, 5.41) is 11.0. The van der Waals surface area contributed by atoms with Crippen LogP contribution in [0.5, 0.6) is 0 Å². The second-order valence-corrected chi connectivity index (χ2v) is 6.42. The van der Waals surface area contributed by atoms with Crippen LogP contribution in [0.25, 0.3) is 0 Å². The van der Waals surface area contributed by atoms with E-state index < -0.39 is 22.7 Å². The zero-order valence-electron chi connectivity index (χ0n) is 12.1. The summed E-state index contributed by atoms with van der Waals surface area (Å²) in [7, 11) is 0. The Kier molecular flexibility index (Phi) is 4.17. The lowest BCUT2D eigenvalue weighted by Gasteiger charge is -2.49. The van der Waals surface area contributed by atoms with Crippen LogP contribution < -0.4 is 5.73 Å². The second-order valence-electron chi connectivity index (χ2n) is 6.42. The number of rotatable bonds is 3. The molecular weight excluding hydrogens is 260 g/mol. The molecule has 1 aliphatic carbocycles. The topological polar surface area (TPSA) is 46.2 Å². The Morgan fingerprint density at radius 3 is 2.45 bits per heavy atom. The molecule has 112 valence electrons. The summed E-state index contributed by atoms with van der Waals surface area (Å²) >= 11 is 0. The van der Waals surface area contributed by atoms with Crippen LogP contribution in [0.4, 0.5) is 8.78 Å². The summed E-state index contributed by atoms with van der Waals surface area (Å²) in [6, 6.07) is 3.23. The van der Waals surface area contributed by atoms with Gasteiger partial charge < -0.3 is 10.8 Å². The van der Waals surface area contributed by atoms with Crippen LogP contribution in [-0.2, 0) is 5.60 Å². The smallest absolute Gasteiger partial charge is 0.126 e. The Morgan fingerprint density at radius 2 is 1.95 bits per heavy atom. The van der Waals surface area contributed by atoms with Crippen molar-refractivity contribution in [2.45, 2.75) is 45.1 Å². The molecule has 0 radical (unpaired) electrons. The molecule has 0 aromatic heterocycles. The van der Waals surface area contributed by atoms with Crippen molar-refractivity contribution < 1.29 is 13.9 Å². The van der Waals surface area contributed by atoms with Crippen LogP contribution in [0, 0.1) is 23.0 Å². The van der Waals surface area contributed by atoms with Gasteiger partial charge in [0.15, 0.2) is 0 Å². The van der Waals surface area contributed by atoms with E-state index in [4.69, 9.17) is 5.73 Å². The van der Waals surface area contributed by atoms with Crippen molar-refractivity contribution in [3.63, 3.8) is 0 Å². The Labute approximate surface area is 119 Å². The van der Waals surface area contributed by atoms with Crippen molar-refractivity contribution >= 4 is 0 Å². The lowest BCUT2D eigenvalue weighted by atomic mass is 9.59. The van der Waals surface area contributed by atoms with Gasteiger partial charge in [0.25, 0.3) is 0 Å². The Balaban J connectivity index is 2.45. The summed E-state index contributed by atoms with van der Waals surface area (Å²) in [5.41, 5.74) is 4.37. The SMILES string of the molecule is CC1CCCC(CN)(C(C)(O)c2cc(F)cc(F)c2)C1. The predicted molar refractivity (Wildman–Crippen MR) is 75.0 cm³/mol. The van der Waals surface area contributed by atoms with Crippen molar-refractivity contribution in [3.8, 4) is 0 Å². The largest absolute Gasteiger partial charge is 0.385 e.